The zero-order valence-corrected chi connectivity index (χ0v) is 9.17. The summed E-state index contributed by atoms with van der Waals surface area (Å²) in [5.41, 5.74) is 1.47. The fourth-order valence-corrected chi connectivity index (χ4v) is 1.13. The third-order valence-electron chi connectivity index (χ3n) is 1.98. The summed E-state index contributed by atoms with van der Waals surface area (Å²) in [5.74, 6) is 0. The minimum atomic E-state index is -4.51. The first-order valence-electron chi connectivity index (χ1n) is 5.00. The number of hydrogen-bond acceptors (Lipinski definition) is 2. The van der Waals surface area contributed by atoms with Crippen LogP contribution in [0.1, 0.15) is 12.5 Å². The van der Waals surface area contributed by atoms with E-state index in [1.165, 1.54) is 0 Å². The smallest absolute Gasteiger partial charge is 0.422 e. The number of rotatable bonds is 3. The zero-order chi connectivity index (χ0) is 12.9. The number of benzene rings is 1. The van der Waals surface area contributed by atoms with Gasteiger partial charge in [-0.1, -0.05) is 19.1 Å². The van der Waals surface area contributed by atoms with E-state index in [1.54, 1.807) is 24.3 Å². The van der Waals surface area contributed by atoms with Gasteiger partial charge in [-0.15, -0.1) is 0 Å². The van der Waals surface area contributed by atoms with E-state index in [4.69, 9.17) is 0 Å². The molecule has 1 N–H and O–H groups in total. The molecule has 94 valence electrons. The average Bonchev–Trinajstić information content (AvgIpc) is 2.27. The number of aryl methyl sites for hydroxylation is 1. The molecule has 1 aromatic rings. The van der Waals surface area contributed by atoms with E-state index < -0.39 is 18.9 Å². The van der Waals surface area contributed by atoms with Crippen LogP contribution in [0.25, 0.3) is 0 Å². The van der Waals surface area contributed by atoms with Crippen molar-refractivity contribution >= 4 is 11.8 Å². The number of nitrogens with one attached hydrogen (secondary N) is 1. The molecule has 0 unspecified atom stereocenters. The first-order valence-corrected chi connectivity index (χ1v) is 5.00. The van der Waals surface area contributed by atoms with Gasteiger partial charge in [-0.2, -0.15) is 13.2 Å². The molecule has 0 fully saturated rings. The maximum Gasteiger partial charge on any atom is 0.422 e. The lowest BCUT2D eigenvalue weighted by Crippen LogP contribution is -2.23. The second-order valence-corrected chi connectivity index (χ2v) is 3.37. The van der Waals surface area contributed by atoms with E-state index in [9.17, 15) is 18.0 Å². The minimum Gasteiger partial charge on any atom is -0.440 e. The molecule has 0 aliphatic heterocycles. The van der Waals surface area contributed by atoms with Gasteiger partial charge in [0.15, 0.2) is 6.61 Å². The van der Waals surface area contributed by atoms with Crippen molar-refractivity contribution in [2.45, 2.75) is 19.5 Å². The number of halogens is 3. The van der Waals surface area contributed by atoms with Crippen LogP contribution in [0.3, 0.4) is 0 Å². The van der Waals surface area contributed by atoms with Crippen LogP contribution in [0.4, 0.5) is 23.7 Å². The van der Waals surface area contributed by atoms with Crippen molar-refractivity contribution in [3.8, 4) is 0 Å². The molecule has 3 nitrogen and oxygen atoms in total. The summed E-state index contributed by atoms with van der Waals surface area (Å²) in [6, 6.07) is 6.76. The highest BCUT2D eigenvalue weighted by Gasteiger charge is 2.29. The molecule has 6 heteroatoms. The fraction of sp³-hybridized carbons (Fsp3) is 0.364. The monoisotopic (exact) mass is 247 g/mol. The third kappa shape index (κ3) is 5.24. The summed E-state index contributed by atoms with van der Waals surface area (Å²) in [7, 11) is 0. The van der Waals surface area contributed by atoms with Crippen molar-refractivity contribution in [2.24, 2.45) is 0 Å². The average molecular weight is 247 g/mol. The van der Waals surface area contributed by atoms with Crippen LogP contribution in [-0.2, 0) is 11.2 Å². The SMILES string of the molecule is CCc1ccc(NC(=O)OCC(F)(F)F)cc1. The number of ether oxygens (including phenoxy) is 1. The molecule has 0 atom stereocenters. The molecule has 0 bridgehead atoms. The second-order valence-electron chi connectivity index (χ2n) is 3.37. The molecular formula is C11H12F3NO2. The Labute approximate surface area is 96.6 Å². The van der Waals surface area contributed by atoms with Gasteiger partial charge in [0.2, 0.25) is 0 Å². The Hall–Kier alpha value is -1.72. The maximum atomic E-state index is 11.7. The normalized spacial score (nSPS) is 11.1. The fourth-order valence-electron chi connectivity index (χ4n) is 1.13. The van der Waals surface area contributed by atoms with Crippen LogP contribution in [0.5, 0.6) is 0 Å². The van der Waals surface area contributed by atoms with E-state index >= 15 is 0 Å². The number of amides is 1. The Balaban J connectivity index is 2.45. The van der Waals surface area contributed by atoms with Gasteiger partial charge in [0, 0.05) is 5.69 Å². The van der Waals surface area contributed by atoms with Crippen molar-refractivity contribution in [1.29, 1.82) is 0 Å². The quantitative estimate of drug-likeness (QED) is 0.889. The Bertz CT molecular complexity index is 373. The summed E-state index contributed by atoms with van der Waals surface area (Å²) in [4.78, 5) is 11.0. The molecule has 0 aliphatic carbocycles. The Morgan fingerprint density at radius 3 is 2.35 bits per heavy atom. The highest BCUT2D eigenvalue weighted by molar-refractivity contribution is 5.84. The standard InChI is InChI=1S/C11H12F3NO2/c1-2-8-3-5-9(6-4-8)15-10(16)17-7-11(12,13)14/h3-6H,2,7H2,1H3,(H,15,16). The summed E-state index contributed by atoms with van der Waals surface area (Å²) < 4.78 is 39.2. The molecular weight excluding hydrogens is 235 g/mol. The third-order valence-corrected chi connectivity index (χ3v) is 1.98. The maximum absolute atomic E-state index is 11.7. The molecule has 1 amide bonds. The first kappa shape index (κ1) is 13.3. The van der Waals surface area contributed by atoms with E-state index in [-0.39, 0.29) is 0 Å². The van der Waals surface area contributed by atoms with Gasteiger partial charge in [-0.25, -0.2) is 4.79 Å². The molecule has 17 heavy (non-hydrogen) atoms. The number of alkyl halides is 3. The molecule has 1 aromatic carbocycles. The molecule has 0 saturated carbocycles. The lowest BCUT2D eigenvalue weighted by molar-refractivity contribution is -0.159. The van der Waals surface area contributed by atoms with Crippen LogP contribution in [-0.4, -0.2) is 18.9 Å². The van der Waals surface area contributed by atoms with Crippen LogP contribution in [0.15, 0.2) is 24.3 Å². The van der Waals surface area contributed by atoms with Gasteiger partial charge in [0.05, 0.1) is 0 Å². The Morgan fingerprint density at radius 1 is 1.29 bits per heavy atom. The molecule has 0 aliphatic rings. The van der Waals surface area contributed by atoms with E-state index in [2.05, 4.69) is 10.1 Å². The van der Waals surface area contributed by atoms with Crippen LogP contribution in [0.2, 0.25) is 0 Å². The van der Waals surface area contributed by atoms with Gasteiger partial charge in [-0.05, 0) is 24.1 Å². The molecule has 0 radical (unpaired) electrons. The first-order chi connectivity index (χ1) is 7.90. The van der Waals surface area contributed by atoms with E-state index in [0.29, 0.717) is 5.69 Å². The summed E-state index contributed by atoms with van der Waals surface area (Å²) in [5, 5.41) is 2.20. The van der Waals surface area contributed by atoms with Crippen LogP contribution >= 0.6 is 0 Å². The predicted octanol–water partition coefficient (Wildman–Crippen LogP) is 3.36. The number of anilines is 1. The molecule has 0 spiro atoms. The molecule has 1 rings (SSSR count). The lowest BCUT2D eigenvalue weighted by Gasteiger charge is -2.09. The minimum absolute atomic E-state index is 0.398. The van der Waals surface area contributed by atoms with E-state index in [0.717, 1.165) is 12.0 Å². The topological polar surface area (TPSA) is 38.3 Å². The largest absolute Gasteiger partial charge is 0.440 e. The van der Waals surface area contributed by atoms with E-state index in [1.807, 2.05) is 6.92 Å². The number of carbonyl (C=O) groups is 1. The summed E-state index contributed by atoms with van der Waals surface area (Å²) >= 11 is 0. The van der Waals surface area contributed by atoms with Gasteiger partial charge in [-0.3, -0.25) is 5.32 Å². The highest BCUT2D eigenvalue weighted by atomic mass is 19.4. The molecule has 0 heterocycles. The lowest BCUT2D eigenvalue weighted by atomic mass is 10.1. The predicted molar refractivity (Wildman–Crippen MR) is 56.8 cm³/mol. The van der Waals surface area contributed by atoms with Gasteiger partial charge in [0.1, 0.15) is 0 Å². The second kappa shape index (κ2) is 5.56. The summed E-state index contributed by atoms with van der Waals surface area (Å²) in [6.45, 7) is 0.381. The zero-order valence-electron chi connectivity index (χ0n) is 9.17. The Kier molecular flexibility index (Phi) is 4.37. The van der Waals surface area contributed by atoms with Gasteiger partial charge < -0.3 is 4.74 Å². The number of carbonyl (C=O) groups excluding carboxylic acids is 1. The molecule has 0 saturated heterocycles. The number of hydrogen-bond donors (Lipinski definition) is 1. The van der Waals surface area contributed by atoms with Crippen molar-refractivity contribution in [1.82, 2.24) is 0 Å². The summed E-state index contributed by atoms with van der Waals surface area (Å²) in [6.07, 6.45) is -4.78. The van der Waals surface area contributed by atoms with Crippen LogP contribution in [0, 0.1) is 0 Å². The van der Waals surface area contributed by atoms with Crippen molar-refractivity contribution in [3.05, 3.63) is 29.8 Å². The van der Waals surface area contributed by atoms with Crippen molar-refractivity contribution in [3.63, 3.8) is 0 Å². The van der Waals surface area contributed by atoms with Gasteiger partial charge >= 0.3 is 12.3 Å². The van der Waals surface area contributed by atoms with Gasteiger partial charge in [0.25, 0.3) is 0 Å². The highest BCUT2D eigenvalue weighted by Crippen LogP contribution is 2.15. The Morgan fingerprint density at radius 2 is 1.88 bits per heavy atom. The van der Waals surface area contributed by atoms with Crippen LogP contribution < -0.4 is 5.32 Å². The van der Waals surface area contributed by atoms with Crippen molar-refractivity contribution < 1.29 is 22.7 Å². The van der Waals surface area contributed by atoms with Crippen molar-refractivity contribution in [2.75, 3.05) is 11.9 Å². The molecule has 0 aromatic heterocycles.